The summed E-state index contributed by atoms with van der Waals surface area (Å²) in [5.41, 5.74) is -6.24. The number of aliphatic hydroxyl groups is 1. The number of rotatable bonds is 46. The van der Waals surface area contributed by atoms with Gasteiger partial charge in [-0.2, -0.15) is 0 Å². The van der Waals surface area contributed by atoms with E-state index in [2.05, 4.69) is 86.7 Å². The maximum Gasteiger partial charge on any atom is 0.245 e. The minimum atomic E-state index is -1.68. The molecule has 0 saturated heterocycles. The first-order valence-electron chi connectivity index (χ1n) is 33.8. The summed E-state index contributed by atoms with van der Waals surface area (Å²) in [6, 6.07) is -5.01. The van der Waals surface area contributed by atoms with E-state index >= 15 is 0 Å². The third-order valence-corrected chi connectivity index (χ3v) is 15.3. The van der Waals surface area contributed by atoms with Crippen LogP contribution in [0.2, 0.25) is 0 Å². The smallest absolute Gasteiger partial charge is 0.245 e. The van der Waals surface area contributed by atoms with Gasteiger partial charge in [0.05, 0.1) is 51.9 Å². The van der Waals surface area contributed by atoms with Crippen LogP contribution < -0.4 is 79.8 Å². The number of aliphatic hydroxyl groups excluding tert-OH is 1. The summed E-state index contributed by atoms with van der Waals surface area (Å²) in [5.74, 6) is -11.1. The molecule has 0 aromatic heterocycles. The van der Waals surface area contributed by atoms with Gasteiger partial charge in [0.2, 0.25) is 88.6 Å². The van der Waals surface area contributed by atoms with Gasteiger partial charge in [-0.05, 0) is 117 Å². The normalized spacial score (nSPS) is 13.6. The molecule has 0 rings (SSSR count). The second-order valence-corrected chi connectivity index (χ2v) is 28.7. The summed E-state index contributed by atoms with van der Waals surface area (Å²) < 4.78 is 0. The molecule has 0 saturated carbocycles. The van der Waals surface area contributed by atoms with Crippen LogP contribution in [0.1, 0.15) is 202 Å². The molecule has 0 fully saturated rings. The second kappa shape index (κ2) is 43.3. The van der Waals surface area contributed by atoms with Crippen LogP contribution in [0, 0.1) is 29.6 Å². The highest BCUT2D eigenvalue weighted by Crippen LogP contribution is 2.15. The van der Waals surface area contributed by atoms with Crippen molar-refractivity contribution >= 4 is 88.6 Å². The van der Waals surface area contributed by atoms with E-state index in [9.17, 15) is 77.0 Å². The summed E-state index contributed by atoms with van der Waals surface area (Å²) in [4.78, 5) is 197. The first-order valence-corrected chi connectivity index (χ1v) is 33.8. The minimum Gasteiger partial charge on any atom is -0.394 e. The zero-order valence-corrected chi connectivity index (χ0v) is 61.1. The molecule has 0 aliphatic heterocycles. The zero-order valence-electron chi connectivity index (χ0n) is 61.1. The number of nitrogens with one attached hydrogen (secondary N) is 15. The average Bonchev–Trinajstić information content (AvgIpc) is 0.890. The van der Waals surface area contributed by atoms with Gasteiger partial charge < -0.3 is 84.9 Å². The van der Waals surface area contributed by atoms with E-state index in [1.807, 2.05) is 34.6 Å². The fourth-order valence-corrected chi connectivity index (χ4v) is 9.53. The van der Waals surface area contributed by atoms with Crippen LogP contribution in [0.5, 0.6) is 0 Å². The molecule has 15 amide bonds. The number of hydrogen-bond donors (Lipinski definition) is 16. The summed E-state index contributed by atoms with van der Waals surface area (Å²) in [6.45, 7) is 27.7. The van der Waals surface area contributed by atoms with Crippen LogP contribution in [-0.4, -0.2) is 192 Å². The van der Waals surface area contributed by atoms with Crippen molar-refractivity contribution in [3.8, 4) is 0 Å². The lowest BCUT2D eigenvalue weighted by Gasteiger charge is -2.29. The summed E-state index contributed by atoms with van der Waals surface area (Å²) in [7, 11) is 0. The van der Waals surface area contributed by atoms with Gasteiger partial charge in [-0.15, -0.1) is 0 Å². The number of hydrogen-bond acceptors (Lipinski definition) is 16. The van der Waals surface area contributed by atoms with Crippen LogP contribution >= 0.6 is 0 Å². The summed E-state index contributed by atoms with van der Waals surface area (Å²) in [6.07, 6.45) is 6.40. The maximum absolute atomic E-state index is 13.6. The van der Waals surface area contributed by atoms with E-state index in [0.29, 0.717) is 19.3 Å². The van der Waals surface area contributed by atoms with Gasteiger partial charge in [-0.1, -0.05) is 108 Å². The van der Waals surface area contributed by atoms with E-state index in [-0.39, 0.29) is 67.8 Å². The quantitative estimate of drug-likeness (QED) is 0.0334. The molecule has 0 unspecified atom stereocenters. The second-order valence-electron chi connectivity index (χ2n) is 28.7. The molecular weight excluding hydrogens is 1260 g/mol. The van der Waals surface area contributed by atoms with E-state index in [0.717, 1.165) is 25.7 Å². The summed E-state index contributed by atoms with van der Waals surface area (Å²) >= 11 is 0. The zero-order chi connectivity index (χ0) is 74.8. The van der Waals surface area contributed by atoms with Crippen molar-refractivity contribution in [3.63, 3.8) is 0 Å². The van der Waals surface area contributed by atoms with Crippen molar-refractivity contribution in [3.05, 3.63) is 0 Å². The van der Waals surface area contributed by atoms with E-state index in [4.69, 9.17) is 0 Å². The molecule has 0 heterocycles. The Kier molecular flexibility index (Phi) is 39.8. The minimum absolute atomic E-state index is 0.0874. The molecule has 31 heteroatoms. The van der Waals surface area contributed by atoms with Gasteiger partial charge >= 0.3 is 0 Å². The molecule has 0 spiro atoms. The Labute approximate surface area is 573 Å². The van der Waals surface area contributed by atoms with Gasteiger partial charge in [-0.3, -0.25) is 71.9 Å². The molecule has 0 radical (unpaired) electrons. The van der Waals surface area contributed by atoms with Crippen LogP contribution in [0.15, 0.2) is 0 Å². The van der Waals surface area contributed by atoms with Gasteiger partial charge in [-0.25, -0.2) is 0 Å². The van der Waals surface area contributed by atoms with Crippen molar-refractivity contribution in [1.82, 2.24) is 79.8 Å². The van der Waals surface area contributed by atoms with Crippen molar-refractivity contribution < 1.29 is 77.0 Å². The van der Waals surface area contributed by atoms with Crippen LogP contribution in [-0.2, 0) is 71.9 Å². The third-order valence-electron chi connectivity index (χ3n) is 15.3. The first kappa shape index (κ1) is 89.0. The van der Waals surface area contributed by atoms with Crippen molar-refractivity contribution in [2.75, 3.05) is 45.9 Å². The fraction of sp³-hybridized carbons (Fsp3) is 0.773. The van der Waals surface area contributed by atoms with Gasteiger partial charge in [0.15, 0.2) is 0 Å². The van der Waals surface area contributed by atoms with Crippen molar-refractivity contribution in [2.45, 2.75) is 255 Å². The average molecular weight is 1380 g/mol. The fourth-order valence-electron chi connectivity index (χ4n) is 9.53. The Morgan fingerprint density at radius 1 is 0.330 bits per heavy atom. The molecular formula is C66H119N15O16. The Hall–Kier alpha value is -7.99. The van der Waals surface area contributed by atoms with E-state index < -0.39 is 174 Å². The lowest BCUT2D eigenvalue weighted by Crippen LogP contribution is -2.61. The van der Waals surface area contributed by atoms with E-state index in [1.54, 1.807) is 34.6 Å². The van der Waals surface area contributed by atoms with Crippen LogP contribution in [0.3, 0.4) is 0 Å². The Morgan fingerprint density at radius 2 is 0.629 bits per heavy atom. The highest BCUT2D eigenvalue weighted by Gasteiger charge is 2.38. The first-order chi connectivity index (χ1) is 44.8. The van der Waals surface area contributed by atoms with Crippen molar-refractivity contribution in [1.29, 1.82) is 0 Å². The van der Waals surface area contributed by atoms with Gasteiger partial charge in [0, 0.05) is 6.42 Å². The molecule has 6 atom stereocenters. The molecule has 0 bridgehead atoms. The number of unbranched alkanes of at least 4 members (excludes halogenated alkanes) is 4. The Balaban J connectivity index is 5.42. The summed E-state index contributed by atoms with van der Waals surface area (Å²) in [5, 5.41) is 47.7. The predicted molar refractivity (Wildman–Crippen MR) is 364 cm³/mol. The standard InChI is InChI=1S/C66H119N15O16/c1-20-22-23-24-25-26-47(83)78-63(12,13)59(94)71-35-52(88)76-46(30-41(9)10)57(92)80-65(16,17)61(96)70-32-49(85)67-33-50(86)74-44(28-39(5)6)55(90)79-64(14,15)60(95)69-31-48(84)68-34-51(87)75-45(29-40(7)8)56(91)81-66(18,19)62(97)72-36-53(89)77-54(42(11)21-2)58(93)73-43(37-82)27-38(3)4/h38-46,54,82H,20-37H2,1-19H3,(H,67,85)(H,68,84)(H,69,95)(H,70,96)(H,71,94)(H,72,97)(H,73,93)(H,74,86)(H,75,87)(H,76,88)(H,77,89)(H,78,83)(H,79,90)(H,80,92)(H,81,91)/t42-,43-,44-,45-,46-,54-/m0/s1. The highest BCUT2D eigenvalue weighted by atomic mass is 16.3. The topological polar surface area (TPSA) is 457 Å². The highest BCUT2D eigenvalue weighted by molar-refractivity contribution is 6.00. The predicted octanol–water partition coefficient (Wildman–Crippen LogP) is -0.730. The molecule has 16 N–H and O–H groups in total. The van der Waals surface area contributed by atoms with Crippen LogP contribution in [0.25, 0.3) is 0 Å². The molecule has 554 valence electrons. The van der Waals surface area contributed by atoms with Gasteiger partial charge in [0.1, 0.15) is 46.3 Å². The SMILES string of the molecule is CCCCCCCC(=O)NC(C)(C)C(=O)NCC(=O)N[C@@H](CC(C)C)C(=O)NC(C)(C)C(=O)NCC(=O)NCC(=O)N[C@@H](CC(C)C)C(=O)NC(C)(C)C(=O)NCC(=O)NCC(=O)N[C@@H](CC(C)C)C(=O)NC(C)(C)C(=O)NCC(=O)N[C@H](C(=O)N[C@H](CO)CC(C)C)[C@@H](C)CC. The molecule has 97 heavy (non-hydrogen) atoms. The molecule has 0 aromatic rings. The number of carbonyl (C=O) groups excluding carboxylic acids is 15. The lowest BCUT2D eigenvalue weighted by molar-refractivity contribution is -0.136. The molecule has 0 aromatic carbocycles. The largest absolute Gasteiger partial charge is 0.394 e. The van der Waals surface area contributed by atoms with Gasteiger partial charge in [0.25, 0.3) is 0 Å². The van der Waals surface area contributed by atoms with Crippen molar-refractivity contribution in [2.24, 2.45) is 29.6 Å². The third kappa shape index (κ3) is 36.8. The molecule has 0 aliphatic carbocycles. The molecule has 31 nitrogen and oxygen atoms in total. The van der Waals surface area contributed by atoms with Crippen LogP contribution in [0.4, 0.5) is 0 Å². The maximum atomic E-state index is 13.6. The number of amides is 15. The Bertz CT molecular complexity index is 2680. The lowest BCUT2D eigenvalue weighted by atomic mass is 9.97. The number of carbonyl (C=O) groups is 15. The monoisotopic (exact) mass is 1380 g/mol. The Morgan fingerprint density at radius 3 is 0.938 bits per heavy atom. The van der Waals surface area contributed by atoms with E-state index in [1.165, 1.54) is 55.4 Å². The molecule has 0 aliphatic rings.